The highest BCUT2D eigenvalue weighted by Gasteiger charge is 2.51. The third-order valence-corrected chi connectivity index (χ3v) is 6.23. The highest BCUT2D eigenvalue weighted by Crippen LogP contribution is 2.39. The van der Waals surface area contributed by atoms with Gasteiger partial charge in [-0.1, -0.05) is 25.7 Å². The van der Waals surface area contributed by atoms with Crippen molar-refractivity contribution in [3.63, 3.8) is 0 Å². The summed E-state index contributed by atoms with van der Waals surface area (Å²) in [5, 5.41) is 0. The van der Waals surface area contributed by atoms with Crippen LogP contribution < -0.4 is 0 Å². The van der Waals surface area contributed by atoms with E-state index in [1.54, 1.807) is 0 Å². The van der Waals surface area contributed by atoms with Crippen LogP contribution in [-0.2, 0) is 18.6 Å². The van der Waals surface area contributed by atoms with Gasteiger partial charge < -0.3 is 18.6 Å². The molecule has 0 N–H and O–H groups in total. The Labute approximate surface area is 149 Å². The molecule has 2 fully saturated rings. The first-order chi connectivity index (χ1) is 10.9. The van der Waals surface area contributed by atoms with Crippen molar-refractivity contribution < 1.29 is 18.6 Å². The van der Waals surface area contributed by atoms with Gasteiger partial charge >= 0.3 is 14.2 Å². The molecule has 0 bridgehead atoms. The van der Waals surface area contributed by atoms with E-state index in [-0.39, 0.29) is 36.6 Å². The minimum absolute atomic E-state index is 0.0573. The van der Waals surface area contributed by atoms with Crippen LogP contribution in [-0.4, -0.2) is 36.6 Å². The van der Waals surface area contributed by atoms with Crippen molar-refractivity contribution >= 4 is 14.2 Å². The quantitative estimate of drug-likeness (QED) is 0.497. The standard InChI is InChI=1S/C18H36B2O4/c1-15(2)16(3,4)22-19(21-15)13-11-9-10-12-14-20-23-17(5,6)18(7,8)24-20/h9-14H2,1-8H3. The van der Waals surface area contributed by atoms with Gasteiger partial charge in [0.1, 0.15) is 0 Å². The van der Waals surface area contributed by atoms with Crippen molar-refractivity contribution in [2.24, 2.45) is 0 Å². The van der Waals surface area contributed by atoms with Crippen molar-refractivity contribution in [1.82, 2.24) is 0 Å². The first-order valence-corrected chi connectivity index (χ1v) is 9.58. The summed E-state index contributed by atoms with van der Waals surface area (Å²) in [5.74, 6) is 0. The van der Waals surface area contributed by atoms with Crippen LogP contribution in [0.25, 0.3) is 0 Å². The summed E-state index contributed by atoms with van der Waals surface area (Å²) in [7, 11) is -0.115. The second kappa shape index (κ2) is 6.94. The molecule has 0 spiro atoms. The van der Waals surface area contributed by atoms with Gasteiger partial charge in [-0.25, -0.2) is 0 Å². The molecule has 0 amide bonds. The maximum atomic E-state index is 6.04. The van der Waals surface area contributed by atoms with Gasteiger partial charge in [-0.15, -0.1) is 0 Å². The number of unbranched alkanes of at least 4 members (excludes halogenated alkanes) is 3. The highest BCUT2D eigenvalue weighted by atomic mass is 16.7. The summed E-state index contributed by atoms with van der Waals surface area (Å²) >= 11 is 0. The molecule has 2 aliphatic heterocycles. The maximum Gasteiger partial charge on any atom is 0.457 e. The SMILES string of the molecule is CC1(C)OB(CCCCCCB2OC(C)(C)C(C)(C)O2)OC1(C)C. The van der Waals surface area contributed by atoms with Crippen LogP contribution >= 0.6 is 0 Å². The highest BCUT2D eigenvalue weighted by molar-refractivity contribution is 6.45. The number of hydrogen-bond acceptors (Lipinski definition) is 4. The molecule has 0 aliphatic carbocycles. The van der Waals surface area contributed by atoms with Gasteiger partial charge in [0.2, 0.25) is 0 Å². The molecule has 4 nitrogen and oxygen atoms in total. The Hall–Kier alpha value is -0.0301. The van der Waals surface area contributed by atoms with Crippen molar-refractivity contribution in [3.8, 4) is 0 Å². The van der Waals surface area contributed by atoms with Crippen molar-refractivity contribution in [3.05, 3.63) is 0 Å². The summed E-state index contributed by atoms with van der Waals surface area (Å²) in [6.07, 6.45) is 6.63. The lowest BCUT2D eigenvalue weighted by Crippen LogP contribution is -2.41. The first kappa shape index (κ1) is 20.3. The molecule has 2 aliphatic rings. The smallest absolute Gasteiger partial charge is 0.403 e. The molecule has 0 saturated carbocycles. The van der Waals surface area contributed by atoms with E-state index in [0.29, 0.717) is 0 Å². The van der Waals surface area contributed by atoms with Crippen molar-refractivity contribution in [2.45, 2.75) is 116 Å². The summed E-state index contributed by atoms with van der Waals surface area (Å²) in [6.45, 7) is 16.9. The minimum atomic E-state index is -0.214. The van der Waals surface area contributed by atoms with E-state index in [2.05, 4.69) is 55.4 Å². The molecule has 0 radical (unpaired) electrons. The average molecular weight is 338 g/mol. The van der Waals surface area contributed by atoms with E-state index in [0.717, 1.165) is 25.5 Å². The molecule has 2 heterocycles. The average Bonchev–Trinajstić information content (AvgIpc) is 2.72. The van der Waals surface area contributed by atoms with E-state index >= 15 is 0 Å². The Morgan fingerprint density at radius 1 is 0.458 bits per heavy atom. The molecule has 2 rings (SSSR count). The molecule has 0 unspecified atom stereocenters. The summed E-state index contributed by atoms with van der Waals surface area (Å²) < 4.78 is 24.1. The van der Waals surface area contributed by atoms with Crippen LogP contribution in [0, 0.1) is 0 Å². The van der Waals surface area contributed by atoms with E-state index < -0.39 is 0 Å². The predicted octanol–water partition coefficient (Wildman–Crippen LogP) is 4.73. The fourth-order valence-electron chi connectivity index (χ4n) is 3.14. The molecule has 0 atom stereocenters. The van der Waals surface area contributed by atoms with Crippen molar-refractivity contribution in [1.29, 1.82) is 0 Å². The molecular weight excluding hydrogens is 302 g/mol. The second-order valence-electron chi connectivity index (χ2n) is 9.36. The normalized spacial score (nSPS) is 27.0. The largest absolute Gasteiger partial charge is 0.457 e. The fraction of sp³-hybridized carbons (Fsp3) is 1.00. The van der Waals surface area contributed by atoms with Gasteiger partial charge in [0.25, 0.3) is 0 Å². The zero-order valence-corrected chi connectivity index (χ0v) is 17.0. The van der Waals surface area contributed by atoms with Gasteiger partial charge in [-0.3, -0.25) is 0 Å². The van der Waals surface area contributed by atoms with Gasteiger partial charge in [0, 0.05) is 0 Å². The Bertz CT molecular complexity index is 363. The molecule has 0 aromatic heterocycles. The number of hydrogen-bond donors (Lipinski definition) is 0. The fourth-order valence-corrected chi connectivity index (χ4v) is 3.14. The molecule has 6 heteroatoms. The van der Waals surface area contributed by atoms with Crippen LogP contribution in [0.1, 0.15) is 81.1 Å². The van der Waals surface area contributed by atoms with E-state index in [1.807, 2.05) is 0 Å². The zero-order chi connectivity index (χ0) is 18.2. The topological polar surface area (TPSA) is 36.9 Å². The summed E-state index contributed by atoms with van der Waals surface area (Å²) in [6, 6.07) is 0. The lowest BCUT2D eigenvalue weighted by Gasteiger charge is -2.32. The Morgan fingerprint density at radius 2 is 0.708 bits per heavy atom. The lowest BCUT2D eigenvalue weighted by molar-refractivity contribution is 0.00578. The summed E-state index contributed by atoms with van der Waals surface area (Å²) in [4.78, 5) is 0. The maximum absolute atomic E-state index is 6.04. The van der Waals surface area contributed by atoms with E-state index in [4.69, 9.17) is 18.6 Å². The predicted molar refractivity (Wildman–Crippen MR) is 100 cm³/mol. The Balaban J connectivity index is 1.57. The van der Waals surface area contributed by atoms with Crippen LogP contribution in [0.15, 0.2) is 0 Å². The van der Waals surface area contributed by atoms with E-state index in [1.165, 1.54) is 12.8 Å². The third-order valence-electron chi connectivity index (χ3n) is 6.23. The Morgan fingerprint density at radius 3 is 0.958 bits per heavy atom. The molecular formula is C18H36B2O4. The Kier molecular flexibility index (Phi) is 5.87. The molecule has 24 heavy (non-hydrogen) atoms. The van der Waals surface area contributed by atoms with Gasteiger partial charge in [-0.2, -0.15) is 0 Å². The van der Waals surface area contributed by atoms with Crippen LogP contribution in [0.5, 0.6) is 0 Å². The van der Waals surface area contributed by atoms with Gasteiger partial charge in [0.05, 0.1) is 22.4 Å². The zero-order valence-electron chi connectivity index (χ0n) is 17.0. The molecule has 138 valence electrons. The van der Waals surface area contributed by atoms with Crippen LogP contribution in [0.4, 0.5) is 0 Å². The molecule has 0 aromatic rings. The van der Waals surface area contributed by atoms with Crippen LogP contribution in [0.2, 0.25) is 12.6 Å². The monoisotopic (exact) mass is 338 g/mol. The van der Waals surface area contributed by atoms with Gasteiger partial charge in [0.15, 0.2) is 0 Å². The second-order valence-corrected chi connectivity index (χ2v) is 9.36. The van der Waals surface area contributed by atoms with Crippen molar-refractivity contribution in [2.75, 3.05) is 0 Å². The molecule has 2 saturated heterocycles. The first-order valence-electron chi connectivity index (χ1n) is 9.58. The lowest BCUT2D eigenvalue weighted by atomic mass is 9.80. The summed E-state index contributed by atoms with van der Waals surface area (Å²) in [5.41, 5.74) is -0.855. The van der Waals surface area contributed by atoms with Crippen LogP contribution in [0.3, 0.4) is 0 Å². The third kappa shape index (κ3) is 4.38. The number of rotatable bonds is 7. The van der Waals surface area contributed by atoms with Gasteiger partial charge in [-0.05, 0) is 68.0 Å². The minimum Gasteiger partial charge on any atom is -0.403 e. The molecule has 0 aromatic carbocycles. The van der Waals surface area contributed by atoms with E-state index in [9.17, 15) is 0 Å².